The highest BCUT2D eigenvalue weighted by atomic mass is 19.1. The first-order valence-corrected chi connectivity index (χ1v) is 7.37. The van der Waals surface area contributed by atoms with E-state index >= 15 is 0 Å². The number of hydrogen-bond donors (Lipinski definition) is 0. The Morgan fingerprint density at radius 3 is 1.72 bits per heavy atom. The van der Waals surface area contributed by atoms with Gasteiger partial charge in [-0.15, -0.1) is 0 Å². The Bertz CT molecular complexity index is 296. The van der Waals surface area contributed by atoms with Crippen LogP contribution in [0.4, 0.5) is 4.39 Å². The fourth-order valence-corrected chi connectivity index (χ4v) is 3.78. The van der Waals surface area contributed by atoms with Crippen LogP contribution in [0.25, 0.3) is 0 Å². The highest BCUT2D eigenvalue weighted by Crippen LogP contribution is 2.57. The molecule has 2 fully saturated rings. The zero-order valence-electron chi connectivity index (χ0n) is 12.8. The van der Waals surface area contributed by atoms with Crippen LogP contribution in [0.1, 0.15) is 67.2 Å². The Balaban J connectivity index is 1.96. The van der Waals surface area contributed by atoms with Gasteiger partial charge in [0.2, 0.25) is 0 Å². The van der Waals surface area contributed by atoms with Gasteiger partial charge in [0.1, 0.15) is 5.67 Å². The normalized spacial score (nSPS) is 41.2. The topological polar surface area (TPSA) is 9.23 Å². The first-order valence-electron chi connectivity index (χ1n) is 7.37. The minimum absolute atomic E-state index is 0.0693. The molecule has 2 heteroatoms. The van der Waals surface area contributed by atoms with E-state index in [0.29, 0.717) is 17.9 Å². The first-order chi connectivity index (χ1) is 8.00. The summed E-state index contributed by atoms with van der Waals surface area (Å²) < 4.78 is 21.0. The van der Waals surface area contributed by atoms with Crippen LogP contribution in [0, 0.1) is 17.3 Å². The molecule has 0 aromatic rings. The van der Waals surface area contributed by atoms with E-state index in [0.717, 1.165) is 25.7 Å². The van der Waals surface area contributed by atoms with E-state index in [4.69, 9.17) is 4.74 Å². The summed E-state index contributed by atoms with van der Waals surface area (Å²) in [6, 6.07) is 0. The lowest BCUT2D eigenvalue weighted by atomic mass is 9.75. The second-order valence-electron chi connectivity index (χ2n) is 8.47. The van der Waals surface area contributed by atoms with Gasteiger partial charge in [0.15, 0.2) is 0 Å². The van der Waals surface area contributed by atoms with Gasteiger partial charge in [-0.2, -0.15) is 0 Å². The molecule has 0 bridgehead atoms. The van der Waals surface area contributed by atoms with E-state index < -0.39 is 5.67 Å². The van der Waals surface area contributed by atoms with E-state index in [9.17, 15) is 4.39 Å². The quantitative estimate of drug-likeness (QED) is 0.658. The molecule has 2 unspecified atom stereocenters. The predicted octanol–water partition coefficient (Wildman–Crippen LogP) is 4.74. The average Bonchev–Trinajstić information content (AvgIpc) is 2.53. The van der Waals surface area contributed by atoms with Crippen molar-refractivity contribution in [3.05, 3.63) is 0 Å². The van der Waals surface area contributed by atoms with Gasteiger partial charge in [-0.3, -0.25) is 0 Å². The number of alkyl halides is 1. The van der Waals surface area contributed by atoms with Gasteiger partial charge in [-0.05, 0) is 63.7 Å². The molecule has 0 saturated heterocycles. The van der Waals surface area contributed by atoms with Crippen molar-refractivity contribution >= 4 is 0 Å². The van der Waals surface area contributed by atoms with Crippen LogP contribution < -0.4 is 0 Å². The summed E-state index contributed by atoms with van der Waals surface area (Å²) in [4.78, 5) is 0. The molecule has 0 radical (unpaired) electrons. The predicted molar refractivity (Wildman–Crippen MR) is 73.4 cm³/mol. The third-order valence-corrected chi connectivity index (χ3v) is 4.83. The Morgan fingerprint density at radius 2 is 1.39 bits per heavy atom. The van der Waals surface area contributed by atoms with E-state index in [1.807, 2.05) is 20.8 Å². The van der Waals surface area contributed by atoms with Crippen LogP contribution in [0.5, 0.6) is 0 Å². The maximum Gasteiger partial charge on any atom is 0.116 e. The maximum atomic E-state index is 15.0. The fourth-order valence-electron chi connectivity index (χ4n) is 3.78. The molecule has 0 aliphatic heterocycles. The summed E-state index contributed by atoms with van der Waals surface area (Å²) in [6.45, 7) is 12.4. The highest BCUT2D eigenvalue weighted by Gasteiger charge is 2.55. The zero-order valence-corrected chi connectivity index (χ0v) is 12.8. The lowest BCUT2D eigenvalue weighted by Gasteiger charge is -2.36. The van der Waals surface area contributed by atoms with Gasteiger partial charge in [0.05, 0.1) is 11.7 Å². The third-order valence-electron chi connectivity index (χ3n) is 4.83. The summed E-state index contributed by atoms with van der Waals surface area (Å²) in [5.41, 5.74) is -1.26. The summed E-state index contributed by atoms with van der Waals surface area (Å²) in [5.74, 6) is 1.09. The molecule has 0 aromatic carbocycles. The Hall–Kier alpha value is -0.110. The number of fused-ring (bicyclic) bond motifs is 1. The van der Waals surface area contributed by atoms with Crippen molar-refractivity contribution in [3.8, 4) is 0 Å². The molecule has 0 aromatic heterocycles. The van der Waals surface area contributed by atoms with Gasteiger partial charge in [0.25, 0.3) is 0 Å². The minimum atomic E-state index is -0.963. The Kier molecular flexibility index (Phi) is 3.33. The van der Waals surface area contributed by atoms with Crippen molar-refractivity contribution in [3.63, 3.8) is 0 Å². The largest absolute Gasteiger partial charge is 0.373 e. The van der Waals surface area contributed by atoms with Crippen LogP contribution in [0.15, 0.2) is 0 Å². The van der Waals surface area contributed by atoms with Gasteiger partial charge >= 0.3 is 0 Å². The van der Waals surface area contributed by atoms with E-state index in [1.165, 1.54) is 0 Å². The lowest BCUT2D eigenvalue weighted by molar-refractivity contribution is -0.0639. The van der Waals surface area contributed by atoms with Crippen molar-refractivity contribution < 1.29 is 9.13 Å². The van der Waals surface area contributed by atoms with Crippen molar-refractivity contribution in [1.29, 1.82) is 0 Å². The third kappa shape index (κ3) is 2.74. The number of ether oxygens (including phenoxy) is 1. The summed E-state index contributed by atoms with van der Waals surface area (Å²) in [5, 5.41) is 0. The lowest BCUT2D eigenvalue weighted by Crippen LogP contribution is -2.37. The molecule has 2 rings (SSSR count). The van der Waals surface area contributed by atoms with E-state index in [-0.39, 0.29) is 11.0 Å². The molecule has 0 amide bonds. The Labute approximate surface area is 111 Å². The van der Waals surface area contributed by atoms with Crippen LogP contribution in [-0.4, -0.2) is 17.4 Å². The zero-order chi connectivity index (χ0) is 13.8. The molecular weight excluding hydrogens is 227 g/mol. The van der Waals surface area contributed by atoms with Crippen molar-refractivity contribution in [2.24, 2.45) is 17.3 Å². The average molecular weight is 256 g/mol. The smallest absolute Gasteiger partial charge is 0.116 e. The van der Waals surface area contributed by atoms with Crippen molar-refractivity contribution in [2.45, 2.75) is 84.6 Å². The minimum Gasteiger partial charge on any atom is -0.373 e. The molecule has 0 spiro atoms. The summed E-state index contributed by atoms with van der Waals surface area (Å²) >= 11 is 0. The first kappa shape index (κ1) is 14.3. The van der Waals surface area contributed by atoms with Crippen LogP contribution in [0.3, 0.4) is 0 Å². The number of rotatable bonds is 1. The monoisotopic (exact) mass is 256 g/mol. The van der Waals surface area contributed by atoms with Crippen LogP contribution in [0.2, 0.25) is 0 Å². The Morgan fingerprint density at radius 1 is 0.944 bits per heavy atom. The van der Waals surface area contributed by atoms with Gasteiger partial charge < -0.3 is 4.74 Å². The molecule has 2 saturated carbocycles. The molecular formula is C16H29FO. The molecule has 1 nitrogen and oxygen atoms in total. The SMILES string of the molecule is CC(C)(C)OC1CC2CC(F)(C(C)(C)C)CC2C1. The van der Waals surface area contributed by atoms with Gasteiger partial charge in [-0.25, -0.2) is 4.39 Å². The molecule has 2 aliphatic carbocycles. The van der Waals surface area contributed by atoms with Crippen LogP contribution >= 0.6 is 0 Å². The highest BCUT2D eigenvalue weighted by molar-refractivity contribution is 5.05. The molecule has 18 heavy (non-hydrogen) atoms. The van der Waals surface area contributed by atoms with Gasteiger partial charge in [-0.1, -0.05) is 20.8 Å². The number of hydrogen-bond acceptors (Lipinski definition) is 1. The van der Waals surface area contributed by atoms with Crippen molar-refractivity contribution in [1.82, 2.24) is 0 Å². The molecule has 0 N–H and O–H groups in total. The molecule has 2 aliphatic rings. The van der Waals surface area contributed by atoms with Crippen molar-refractivity contribution in [2.75, 3.05) is 0 Å². The van der Waals surface area contributed by atoms with Gasteiger partial charge in [0, 0.05) is 0 Å². The second-order valence-corrected chi connectivity index (χ2v) is 8.47. The molecule has 106 valence electrons. The summed E-state index contributed by atoms with van der Waals surface area (Å²) in [6.07, 6.45) is 3.95. The summed E-state index contributed by atoms with van der Waals surface area (Å²) in [7, 11) is 0. The van der Waals surface area contributed by atoms with E-state index in [1.54, 1.807) is 0 Å². The second kappa shape index (κ2) is 4.19. The van der Waals surface area contributed by atoms with Crippen LogP contribution in [-0.2, 0) is 4.74 Å². The van der Waals surface area contributed by atoms with E-state index in [2.05, 4.69) is 20.8 Å². The molecule has 0 heterocycles. The molecule has 2 atom stereocenters. The fraction of sp³-hybridized carbons (Fsp3) is 1.00. The number of halogens is 1. The maximum absolute atomic E-state index is 15.0. The standard InChI is InChI=1S/C16H29FO/c1-14(2,3)16(17)9-11-7-13(8-12(11)10-16)18-15(4,5)6/h11-13H,7-10H2,1-6H3.